The smallest absolute Gasteiger partial charge is 0.166 e. The fourth-order valence-electron chi connectivity index (χ4n) is 6.25. The Bertz CT molecular complexity index is 1470. The Balaban J connectivity index is 1.14. The van der Waals surface area contributed by atoms with Gasteiger partial charge in [0.2, 0.25) is 0 Å². The summed E-state index contributed by atoms with van der Waals surface area (Å²) in [6.45, 7) is 4.65. The van der Waals surface area contributed by atoms with Gasteiger partial charge in [0.15, 0.2) is 11.6 Å². The molecule has 1 unspecified atom stereocenters. The molecule has 0 radical (unpaired) electrons. The molecule has 196 valence electrons. The highest BCUT2D eigenvalue weighted by Crippen LogP contribution is 2.50. The van der Waals surface area contributed by atoms with Crippen molar-refractivity contribution in [1.29, 1.82) is 0 Å². The fraction of sp³-hybridized carbons (Fsp3) is 0.444. The lowest BCUT2D eigenvalue weighted by molar-refractivity contribution is 0.198. The summed E-state index contributed by atoms with van der Waals surface area (Å²) in [4.78, 5) is 15.6. The van der Waals surface area contributed by atoms with Gasteiger partial charge in [-0.15, -0.1) is 0 Å². The van der Waals surface area contributed by atoms with Gasteiger partial charge in [-0.1, -0.05) is 0 Å². The number of anilines is 1. The summed E-state index contributed by atoms with van der Waals surface area (Å²) in [7, 11) is 0. The van der Waals surface area contributed by atoms with Gasteiger partial charge in [-0.05, 0) is 69.3 Å². The zero-order chi connectivity index (χ0) is 25.9. The maximum absolute atomic E-state index is 14.2. The first-order valence-corrected chi connectivity index (χ1v) is 13.2. The van der Waals surface area contributed by atoms with Gasteiger partial charge in [0.25, 0.3) is 0 Å². The number of fused-ring (bicyclic) bond motifs is 2. The van der Waals surface area contributed by atoms with E-state index < -0.39 is 11.9 Å². The Kier molecular flexibility index (Phi) is 5.43. The van der Waals surface area contributed by atoms with Crippen LogP contribution in [-0.4, -0.2) is 52.9 Å². The van der Waals surface area contributed by atoms with Gasteiger partial charge in [-0.25, -0.2) is 14.4 Å². The van der Waals surface area contributed by atoms with Crippen molar-refractivity contribution in [3.05, 3.63) is 66.0 Å². The minimum absolute atomic E-state index is 0.0734. The molecule has 2 fully saturated rings. The Morgan fingerprint density at radius 1 is 1.18 bits per heavy atom. The van der Waals surface area contributed by atoms with Crippen LogP contribution in [-0.2, 0) is 12.0 Å². The predicted molar refractivity (Wildman–Crippen MR) is 137 cm³/mol. The number of rotatable bonds is 7. The van der Waals surface area contributed by atoms with Crippen LogP contribution in [0.4, 0.5) is 10.2 Å². The standard InChI is InChI=1S/C27H30FN9O/c1-16(23-19(28)3-2-8-30-23)38-21-11-18(13-31-25(21)29)20-12-22-27(7-10-37(22)35-20)6-9-36(14-27)24(17-4-5-17)26-32-15-33-34-26/h2-3,8,11-13,15-17,24H,4-7,9-10,14H2,1H3,(H2,29,31)(H,32,33,34)/t16-,24?,27-/m1/s1. The average Bonchev–Trinajstić information content (AvgIpc) is 3.28. The van der Waals surface area contributed by atoms with Crippen LogP contribution in [0.15, 0.2) is 43.0 Å². The third kappa shape index (κ3) is 3.92. The van der Waals surface area contributed by atoms with Crippen LogP contribution in [0.25, 0.3) is 11.3 Å². The van der Waals surface area contributed by atoms with Crippen LogP contribution < -0.4 is 10.5 Å². The number of pyridine rings is 2. The van der Waals surface area contributed by atoms with E-state index in [1.54, 1.807) is 31.7 Å². The number of nitrogens with zero attached hydrogens (tertiary/aromatic N) is 7. The molecular weight excluding hydrogens is 485 g/mol. The van der Waals surface area contributed by atoms with E-state index >= 15 is 0 Å². The highest BCUT2D eigenvalue weighted by Gasteiger charge is 2.50. The van der Waals surface area contributed by atoms with Crippen molar-refractivity contribution in [1.82, 2.24) is 39.8 Å². The number of aromatic nitrogens is 7. The van der Waals surface area contributed by atoms with Crippen LogP contribution in [0.2, 0.25) is 0 Å². The first kappa shape index (κ1) is 23.3. The van der Waals surface area contributed by atoms with E-state index in [0.717, 1.165) is 49.6 Å². The first-order valence-electron chi connectivity index (χ1n) is 13.2. The number of likely N-dealkylation sites (tertiary alicyclic amines) is 1. The van der Waals surface area contributed by atoms with E-state index in [1.807, 2.05) is 6.07 Å². The maximum Gasteiger partial charge on any atom is 0.166 e. The molecule has 6 heterocycles. The van der Waals surface area contributed by atoms with Crippen LogP contribution in [0.1, 0.15) is 62.0 Å². The van der Waals surface area contributed by atoms with Crippen molar-refractivity contribution in [3.63, 3.8) is 0 Å². The number of halogens is 1. The molecule has 1 saturated carbocycles. The molecule has 1 saturated heterocycles. The van der Waals surface area contributed by atoms with Crippen LogP contribution in [0, 0.1) is 11.7 Å². The van der Waals surface area contributed by atoms with E-state index in [4.69, 9.17) is 15.6 Å². The Morgan fingerprint density at radius 2 is 2.05 bits per heavy atom. The summed E-state index contributed by atoms with van der Waals surface area (Å²) >= 11 is 0. The molecule has 1 spiro atoms. The van der Waals surface area contributed by atoms with E-state index in [2.05, 4.69) is 40.8 Å². The van der Waals surface area contributed by atoms with Gasteiger partial charge in [0.05, 0.1) is 11.7 Å². The second-order valence-electron chi connectivity index (χ2n) is 10.8. The van der Waals surface area contributed by atoms with Gasteiger partial charge < -0.3 is 10.5 Å². The van der Waals surface area contributed by atoms with Crippen molar-refractivity contribution < 1.29 is 9.13 Å². The molecule has 0 aromatic carbocycles. The molecule has 4 aromatic rings. The lowest BCUT2D eigenvalue weighted by atomic mass is 9.82. The van der Waals surface area contributed by atoms with Crippen molar-refractivity contribution >= 4 is 5.82 Å². The zero-order valence-corrected chi connectivity index (χ0v) is 21.2. The fourth-order valence-corrected chi connectivity index (χ4v) is 6.25. The quantitative estimate of drug-likeness (QED) is 0.381. The normalized spacial score (nSPS) is 22.6. The summed E-state index contributed by atoms with van der Waals surface area (Å²) in [5.41, 5.74) is 9.33. The van der Waals surface area contributed by atoms with Gasteiger partial charge in [-0.3, -0.25) is 19.7 Å². The van der Waals surface area contributed by atoms with Crippen LogP contribution in [0.5, 0.6) is 5.75 Å². The molecule has 3 atom stereocenters. The lowest BCUT2D eigenvalue weighted by Gasteiger charge is -2.28. The van der Waals surface area contributed by atoms with Gasteiger partial charge >= 0.3 is 0 Å². The molecule has 10 nitrogen and oxygen atoms in total. The lowest BCUT2D eigenvalue weighted by Crippen LogP contribution is -2.33. The van der Waals surface area contributed by atoms with Gasteiger partial charge in [-0.2, -0.15) is 10.2 Å². The molecule has 3 N–H and O–H groups in total. The molecule has 0 bridgehead atoms. The molecule has 1 aliphatic carbocycles. The Morgan fingerprint density at radius 3 is 2.84 bits per heavy atom. The molecule has 3 aliphatic rings. The van der Waals surface area contributed by atoms with Crippen molar-refractivity contribution in [3.8, 4) is 17.0 Å². The number of hydrogen-bond donors (Lipinski definition) is 2. The molecular formula is C27H30FN9O. The highest BCUT2D eigenvalue weighted by atomic mass is 19.1. The van der Waals surface area contributed by atoms with Crippen molar-refractivity contribution in [2.75, 3.05) is 18.8 Å². The third-order valence-corrected chi connectivity index (χ3v) is 8.34. The number of H-pyrrole nitrogens is 1. The molecule has 38 heavy (non-hydrogen) atoms. The Labute approximate surface area is 219 Å². The van der Waals surface area contributed by atoms with Crippen molar-refractivity contribution in [2.24, 2.45) is 5.92 Å². The number of aromatic amines is 1. The summed E-state index contributed by atoms with van der Waals surface area (Å²) in [5.74, 6) is 1.84. The number of ether oxygens (including phenoxy) is 1. The molecule has 11 heteroatoms. The third-order valence-electron chi connectivity index (χ3n) is 8.34. The SMILES string of the molecule is C[C@@H](Oc1cc(-c2cc3n(n2)CC[C@@]32CCN(C(c3ncn[nH]3)C3CC3)C2)cnc1N)c1ncccc1F. The second kappa shape index (κ2) is 8.87. The van der Waals surface area contributed by atoms with Gasteiger partial charge in [0, 0.05) is 42.2 Å². The number of aryl methyl sites for hydroxylation is 1. The molecule has 2 aliphatic heterocycles. The molecule has 0 amide bonds. The van der Waals surface area contributed by atoms with E-state index in [0.29, 0.717) is 17.7 Å². The summed E-state index contributed by atoms with van der Waals surface area (Å²) in [5, 5.41) is 12.2. The minimum Gasteiger partial charge on any atom is -0.480 e. The summed E-state index contributed by atoms with van der Waals surface area (Å²) in [6, 6.07) is 7.25. The molecule has 4 aromatic heterocycles. The average molecular weight is 516 g/mol. The van der Waals surface area contributed by atoms with Crippen LogP contribution in [0.3, 0.4) is 0 Å². The van der Waals surface area contributed by atoms with E-state index in [-0.39, 0.29) is 16.9 Å². The monoisotopic (exact) mass is 515 g/mol. The maximum atomic E-state index is 14.2. The predicted octanol–water partition coefficient (Wildman–Crippen LogP) is 3.82. The zero-order valence-electron chi connectivity index (χ0n) is 21.2. The number of nitrogens with one attached hydrogen (secondary N) is 1. The summed E-state index contributed by atoms with van der Waals surface area (Å²) in [6.07, 6.45) is 8.92. The van der Waals surface area contributed by atoms with E-state index in [9.17, 15) is 4.39 Å². The minimum atomic E-state index is -0.626. The largest absolute Gasteiger partial charge is 0.480 e. The molecule has 7 rings (SSSR count). The van der Waals surface area contributed by atoms with Gasteiger partial charge in [0.1, 0.15) is 29.8 Å². The first-order chi connectivity index (χ1) is 18.5. The van der Waals surface area contributed by atoms with Crippen LogP contribution >= 0.6 is 0 Å². The van der Waals surface area contributed by atoms with E-state index in [1.165, 1.54) is 24.6 Å². The van der Waals surface area contributed by atoms with Crippen molar-refractivity contribution in [2.45, 2.75) is 56.7 Å². The number of hydrogen-bond acceptors (Lipinski definition) is 8. The highest BCUT2D eigenvalue weighted by molar-refractivity contribution is 5.64. The number of nitrogen functional groups attached to an aromatic ring is 1. The second-order valence-corrected chi connectivity index (χ2v) is 10.8. The topological polar surface area (TPSA) is 124 Å². The Hall–Kier alpha value is -3.86. The number of nitrogens with two attached hydrogens (primary N) is 1. The summed E-state index contributed by atoms with van der Waals surface area (Å²) < 4.78 is 22.4.